The number of hydrogen-bond acceptors (Lipinski definition) is 7. The lowest BCUT2D eigenvalue weighted by atomic mass is 10.1. The molecule has 0 unspecified atom stereocenters. The number of rotatable bonds is 6. The van der Waals surface area contributed by atoms with E-state index < -0.39 is 11.0 Å². The van der Waals surface area contributed by atoms with E-state index in [0.29, 0.717) is 41.6 Å². The number of benzene rings is 1. The number of carbonyl (C=O) groups is 2. The smallest absolute Gasteiger partial charge is 0.319 e. The number of amides is 3. The molecule has 3 heterocycles. The van der Waals surface area contributed by atoms with Crippen molar-refractivity contribution in [1.29, 1.82) is 0 Å². The van der Waals surface area contributed by atoms with Crippen LogP contribution in [0, 0.1) is 16.0 Å². The molecule has 1 aromatic heterocycles. The normalized spacial score (nSPS) is 23.2. The van der Waals surface area contributed by atoms with Crippen LogP contribution in [0.3, 0.4) is 0 Å². The van der Waals surface area contributed by atoms with E-state index in [1.807, 2.05) is 6.92 Å². The molecule has 184 valence electrons. The van der Waals surface area contributed by atoms with Gasteiger partial charge < -0.3 is 25.4 Å². The van der Waals surface area contributed by atoms with Gasteiger partial charge >= 0.3 is 6.03 Å². The predicted molar refractivity (Wildman–Crippen MR) is 130 cm³/mol. The molecule has 1 aliphatic carbocycles. The van der Waals surface area contributed by atoms with E-state index in [4.69, 9.17) is 9.47 Å². The number of urea groups is 1. The molecular formula is C25H23N5O6. The Bertz CT molecular complexity index is 1350. The van der Waals surface area contributed by atoms with Gasteiger partial charge in [-0.15, -0.1) is 0 Å². The average Bonchev–Trinajstić information content (AvgIpc) is 3.40. The molecule has 0 radical (unpaired) electrons. The summed E-state index contributed by atoms with van der Waals surface area (Å²) in [5, 5.41) is 19.1. The van der Waals surface area contributed by atoms with Crippen LogP contribution in [0.25, 0.3) is 0 Å². The number of non-ortho nitro benzene ring substituents is 1. The Morgan fingerprint density at radius 3 is 2.94 bits per heavy atom. The maximum Gasteiger partial charge on any atom is 0.319 e. The topological polar surface area (TPSA) is 145 Å². The largest absolute Gasteiger partial charge is 0.487 e. The molecule has 11 nitrogen and oxygen atoms in total. The highest BCUT2D eigenvalue weighted by Crippen LogP contribution is 2.50. The molecule has 3 atom stereocenters. The third-order valence-electron chi connectivity index (χ3n) is 6.16. The summed E-state index contributed by atoms with van der Waals surface area (Å²) in [6.07, 6.45) is 5.87. The zero-order valence-electron chi connectivity index (χ0n) is 19.3. The van der Waals surface area contributed by atoms with Crippen molar-refractivity contribution in [3.63, 3.8) is 0 Å². The molecule has 3 aliphatic rings. The first-order valence-electron chi connectivity index (χ1n) is 11.3. The van der Waals surface area contributed by atoms with E-state index in [9.17, 15) is 19.7 Å². The number of nitrogens with zero attached hydrogens (tertiary/aromatic N) is 2. The van der Waals surface area contributed by atoms with Crippen LogP contribution in [0.4, 0.5) is 22.0 Å². The van der Waals surface area contributed by atoms with E-state index in [0.717, 1.165) is 11.1 Å². The molecule has 1 saturated heterocycles. The fourth-order valence-corrected chi connectivity index (χ4v) is 4.32. The predicted octanol–water partition coefficient (Wildman–Crippen LogP) is 3.82. The van der Waals surface area contributed by atoms with Crippen molar-refractivity contribution in [2.24, 2.45) is 5.92 Å². The van der Waals surface area contributed by atoms with Crippen molar-refractivity contribution >= 4 is 29.1 Å². The van der Waals surface area contributed by atoms with Gasteiger partial charge in [-0.3, -0.25) is 14.9 Å². The molecule has 2 aromatic rings. The number of anilines is 2. The van der Waals surface area contributed by atoms with Gasteiger partial charge in [0.25, 0.3) is 5.69 Å². The molecule has 1 saturated carbocycles. The number of ether oxygens (including phenoxy) is 2. The summed E-state index contributed by atoms with van der Waals surface area (Å²) >= 11 is 0. The minimum Gasteiger partial charge on any atom is -0.487 e. The van der Waals surface area contributed by atoms with E-state index >= 15 is 0 Å². The van der Waals surface area contributed by atoms with Crippen LogP contribution < -0.4 is 20.7 Å². The lowest BCUT2D eigenvalue weighted by molar-refractivity contribution is -0.384. The monoisotopic (exact) mass is 489 g/mol. The molecule has 0 bridgehead atoms. The molecule has 2 fully saturated rings. The number of hydrogen-bond donors (Lipinski definition) is 3. The summed E-state index contributed by atoms with van der Waals surface area (Å²) in [7, 11) is 0. The highest BCUT2D eigenvalue weighted by Gasteiger charge is 2.60. The fraction of sp³-hybridized carbons (Fsp3) is 0.240. The van der Waals surface area contributed by atoms with Crippen molar-refractivity contribution in [3.8, 4) is 5.75 Å². The van der Waals surface area contributed by atoms with Crippen LogP contribution in [0.1, 0.15) is 18.9 Å². The minimum atomic E-state index is -0.522. The van der Waals surface area contributed by atoms with E-state index in [-0.39, 0.29) is 29.7 Å². The number of aromatic nitrogens is 1. The molecule has 3 N–H and O–H groups in total. The van der Waals surface area contributed by atoms with Crippen molar-refractivity contribution in [1.82, 2.24) is 10.3 Å². The fourth-order valence-electron chi connectivity index (χ4n) is 4.32. The zero-order valence-corrected chi connectivity index (χ0v) is 19.3. The van der Waals surface area contributed by atoms with Crippen molar-refractivity contribution in [2.45, 2.75) is 31.9 Å². The second-order valence-corrected chi connectivity index (χ2v) is 8.66. The quantitative estimate of drug-likeness (QED) is 0.318. The van der Waals surface area contributed by atoms with Crippen molar-refractivity contribution in [3.05, 3.63) is 88.0 Å². The lowest BCUT2D eigenvalue weighted by Gasteiger charge is -2.18. The van der Waals surface area contributed by atoms with Gasteiger partial charge in [0.05, 0.1) is 16.9 Å². The molecule has 0 spiro atoms. The summed E-state index contributed by atoms with van der Waals surface area (Å²) < 4.78 is 11.9. The summed E-state index contributed by atoms with van der Waals surface area (Å²) in [6.45, 7) is 5.91. The number of carbonyl (C=O) groups excluding carboxylic acids is 2. The van der Waals surface area contributed by atoms with Gasteiger partial charge in [-0.2, -0.15) is 0 Å². The number of allylic oxidation sites excluding steroid dienone is 4. The Morgan fingerprint density at radius 2 is 2.19 bits per heavy atom. The van der Waals surface area contributed by atoms with Crippen LogP contribution in [0.5, 0.6) is 5.75 Å². The molecule has 36 heavy (non-hydrogen) atoms. The Labute approximate surface area is 206 Å². The van der Waals surface area contributed by atoms with Crippen LogP contribution in [-0.2, 0) is 16.0 Å². The third kappa shape index (κ3) is 4.63. The van der Waals surface area contributed by atoms with Gasteiger partial charge in [0.15, 0.2) is 0 Å². The summed E-state index contributed by atoms with van der Waals surface area (Å²) in [4.78, 5) is 38.5. The van der Waals surface area contributed by atoms with Crippen LogP contribution >= 0.6 is 0 Å². The number of nitro benzene ring substituents is 1. The van der Waals surface area contributed by atoms with Gasteiger partial charge in [0.2, 0.25) is 5.91 Å². The number of nitrogens with one attached hydrogen (secondary N) is 3. The SMILES string of the molecule is C=C1/C(=C\C=C(/C)Oc2ccnc3c2CCC(=O)N3)O[C@@H]2[C@@H](NC(=O)Nc3cccc([N+](=O)[O-])c3)[C@H]12. The molecule has 1 aromatic carbocycles. The van der Waals surface area contributed by atoms with Gasteiger partial charge in [0.1, 0.15) is 29.2 Å². The summed E-state index contributed by atoms with van der Waals surface area (Å²) in [5.74, 6) is 2.30. The average molecular weight is 489 g/mol. The van der Waals surface area contributed by atoms with E-state index in [1.165, 1.54) is 18.2 Å². The number of fused-ring (bicyclic) bond motifs is 2. The maximum atomic E-state index is 12.3. The second-order valence-electron chi connectivity index (χ2n) is 8.66. The first-order valence-corrected chi connectivity index (χ1v) is 11.3. The minimum absolute atomic E-state index is 0.0439. The first kappa shape index (κ1) is 23.1. The maximum absolute atomic E-state index is 12.3. The van der Waals surface area contributed by atoms with Gasteiger partial charge in [0, 0.05) is 36.0 Å². The van der Waals surface area contributed by atoms with Gasteiger partial charge in [-0.1, -0.05) is 12.6 Å². The van der Waals surface area contributed by atoms with Crippen LogP contribution in [0.15, 0.2) is 72.4 Å². The highest BCUT2D eigenvalue weighted by atomic mass is 16.6. The van der Waals surface area contributed by atoms with E-state index in [1.54, 1.807) is 30.5 Å². The van der Waals surface area contributed by atoms with Gasteiger partial charge in [-0.25, -0.2) is 9.78 Å². The third-order valence-corrected chi connectivity index (χ3v) is 6.16. The molecule has 11 heteroatoms. The Hall–Kier alpha value is -4.67. The number of nitro groups is 1. The summed E-state index contributed by atoms with van der Waals surface area (Å²) in [5.41, 5.74) is 1.85. The highest BCUT2D eigenvalue weighted by molar-refractivity contribution is 5.93. The van der Waals surface area contributed by atoms with Crippen molar-refractivity contribution in [2.75, 3.05) is 10.6 Å². The Morgan fingerprint density at radius 1 is 1.36 bits per heavy atom. The van der Waals surface area contributed by atoms with Gasteiger partial charge in [-0.05, 0) is 43.2 Å². The Kier molecular flexibility index (Phi) is 5.88. The molecular weight excluding hydrogens is 466 g/mol. The second kappa shape index (κ2) is 9.17. The van der Waals surface area contributed by atoms with Crippen molar-refractivity contribution < 1.29 is 24.0 Å². The molecule has 2 aliphatic heterocycles. The van der Waals surface area contributed by atoms with Crippen LogP contribution in [-0.4, -0.2) is 34.0 Å². The molecule has 5 rings (SSSR count). The number of pyridine rings is 1. The summed E-state index contributed by atoms with van der Waals surface area (Å²) in [6, 6.07) is 6.78. The zero-order chi connectivity index (χ0) is 25.4. The Balaban J connectivity index is 1.16. The first-order chi connectivity index (χ1) is 17.3. The van der Waals surface area contributed by atoms with E-state index in [2.05, 4.69) is 27.5 Å². The lowest BCUT2D eigenvalue weighted by Crippen LogP contribution is -2.34. The standard InChI is InChI=1S/C25H23N5O6/c1-13(35-19-10-11-26-24-17(19)7-9-20(31)28-24)6-8-18-14(2)21-22(23(21)36-18)29-25(32)27-15-4-3-5-16(12-15)30(33)34/h3-6,8,10-12,21-23H,2,7,9H2,1H3,(H,26,28,31)(H2,27,29,32)/b13-6+,18-8+/t21-,22-,23-/m0/s1. The molecule has 3 amide bonds. The van der Waals surface area contributed by atoms with Crippen LogP contribution in [0.2, 0.25) is 0 Å².